The summed E-state index contributed by atoms with van der Waals surface area (Å²) in [5.74, 6) is -1.29. The van der Waals surface area contributed by atoms with E-state index in [2.05, 4.69) is 6.58 Å². The minimum Gasteiger partial charge on any atom is -0.465 e. The molecule has 0 radical (unpaired) electrons. The second-order valence-corrected chi connectivity index (χ2v) is 8.63. The second kappa shape index (κ2) is 6.80. The molecule has 2 aliphatic carbocycles. The number of esters is 2. The highest BCUT2D eigenvalue weighted by atomic mass is 16.6. The number of rotatable bonds is 4. The topological polar surface area (TPSA) is 89.9 Å². The van der Waals surface area contributed by atoms with E-state index < -0.39 is 17.5 Å². The molecule has 0 unspecified atom stereocenters. The highest BCUT2D eigenvalue weighted by Gasteiger charge is 2.61. The Morgan fingerprint density at radius 2 is 2.12 bits per heavy atom. The Morgan fingerprint density at radius 3 is 2.77 bits per heavy atom. The third-order valence-electron chi connectivity index (χ3n) is 6.29. The van der Waals surface area contributed by atoms with Gasteiger partial charge in [0.2, 0.25) is 0 Å². The SMILES string of the molecule is C=C1C(=O)O[C@H]2C[C@@H](C)[C@@H]3[C@@H](O)CC(=O)[C@@]3(COC(=O)CC(C)C)C[C@H]12. The van der Waals surface area contributed by atoms with Crippen molar-refractivity contribution in [3.63, 3.8) is 0 Å². The van der Waals surface area contributed by atoms with Gasteiger partial charge in [-0.1, -0.05) is 27.4 Å². The number of hydrogen-bond acceptors (Lipinski definition) is 6. The molecule has 0 bridgehead atoms. The highest BCUT2D eigenvalue weighted by Crippen LogP contribution is 2.55. The van der Waals surface area contributed by atoms with Gasteiger partial charge in [0.15, 0.2) is 0 Å². The summed E-state index contributed by atoms with van der Waals surface area (Å²) >= 11 is 0. The predicted octanol–water partition coefficient (Wildman–Crippen LogP) is 2.04. The van der Waals surface area contributed by atoms with E-state index in [-0.39, 0.29) is 61.0 Å². The average Bonchev–Trinajstić information content (AvgIpc) is 2.87. The van der Waals surface area contributed by atoms with Gasteiger partial charge in [0, 0.05) is 30.3 Å². The number of ether oxygens (including phenoxy) is 2. The molecule has 0 aromatic heterocycles. The maximum Gasteiger partial charge on any atom is 0.334 e. The first-order valence-electron chi connectivity index (χ1n) is 9.42. The molecular weight excluding hydrogens is 336 g/mol. The third-order valence-corrected chi connectivity index (χ3v) is 6.29. The number of fused-ring (bicyclic) bond motifs is 2. The van der Waals surface area contributed by atoms with Crippen LogP contribution in [0, 0.1) is 29.1 Å². The van der Waals surface area contributed by atoms with Crippen LogP contribution in [0.25, 0.3) is 0 Å². The molecule has 0 spiro atoms. The van der Waals surface area contributed by atoms with Gasteiger partial charge in [-0.15, -0.1) is 0 Å². The van der Waals surface area contributed by atoms with Crippen molar-refractivity contribution in [1.29, 1.82) is 0 Å². The van der Waals surface area contributed by atoms with E-state index in [1.54, 1.807) is 0 Å². The van der Waals surface area contributed by atoms with Gasteiger partial charge in [-0.2, -0.15) is 0 Å². The van der Waals surface area contributed by atoms with E-state index in [4.69, 9.17) is 9.47 Å². The number of carbonyl (C=O) groups is 3. The Hall–Kier alpha value is -1.69. The molecule has 1 N–H and O–H groups in total. The Balaban J connectivity index is 1.90. The van der Waals surface area contributed by atoms with E-state index in [9.17, 15) is 19.5 Å². The van der Waals surface area contributed by atoms with Crippen molar-refractivity contribution in [2.45, 2.75) is 58.7 Å². The molecule has 144 valence electrons. The maximum atomic E-state index is 12.9. The Bertz CT molecular complexity index is 638. The van der Waals surface area contributed by atoms with Crippen LogP contribution in [0.5, 0.6) is 0 Å². The number of Topliss-reactive ketones (excluding diaryl/α,β-unsaturated/α-hetero) is 1. The highest BCUT2D eigenvalue weighted by molar-refractivity contribution is 5.92. The zero-order valence-electron chi connectivity index (χ0n) is 15.7. The fourth-order valence-electron chi connectivity index (χ4n) is 5.13. The molecule has 1 saturated heterocycles. The number of aliphatic hydroxyl groups excluding tert-OH is 1. The first-order chi connectivity index (χ1) is 12.2. The first-order valence-corrected chi connectivity index (χ1v) is 9.42. The van der Waals surface area contributed by atoms with Gasteiger partial charge in [0.1, 0.15) is 18.5 Å². The minimum atomic E-state index is -0.970. The molecule has 0 aromatic carbocycles. The Labute approximate surface area is 153 Å². The largest absolute Gasteiger partial charge is 0.465 e. The van der Waals surface area contributed by atoms with E-state index in [1.165, 1.54) is 0 Å². The molecule has 26 heavy (non-hydrogen) atoms. The summed E-state index contributed by atoms with van der Waals surface area (Å²) in [6.07, 6.45) is 0.180. The fourth-order valence-corrected chi connectivity index (χ4v) is 5.13. The van der Waals surface area contributed by atoms with Gasteiger partial charge in [-0.3, -0.25) is 9.59 Å². The molecule has 3 rings (SSSR count). The van der Waals surface area contributed by atoms with E-state index in [0.29, 0.717) is 18.4 Å². The minimum absolute atomic E-state index is 0.0334. The standard InChI is InChI=1S/C20H28O6/c1-10(2)5-17(23)25-9-20-8-13-12(4)19(24)26-15(13)6-11(3)18(20)14(21)7-16(20)22/h10-11,13-15,18,21H,4-9H2,1-3H3/t11-,13-,14+,15+,18-,20+/m1/s1. The second-order valence-electron chi connectivity index (χ2n) is 8.63. The fraction of sp³-hybridized carbons (Fsp3) is 0.750. The summed E-state index contributed by atoms with van der Waals surface area (Å²) in [5, 5.41) is 10.6. The molecule has 2 saturated carbocycles. The molecule has 3 aliphatic rings. The van der Waals surface area contributed by atoms with Gasteiger partial charge in [0.25, 0.3) is 0 Å². The van der Waals surface area contributed by atoms with Crippen molar-refractivity contribution < 1.29 is 29.0 Å². The number of ketones is 1. The maximum absolute atomic E-state index is 12.9. The zero-order valence-corrected chi connectivity index (χ0v) is 15.7. The van der Waals surface area contributed by atoms with E-state index >= 15 is 0 Å². The molecule has 3 fully saturated rings. The van der Waals surface area contributed by atoms with Gasteiger partial charge >= 0.3 is 11.9 Å². The predicted molar refractivity (Wildman–Crippen MR) is 92.9 cm³/mol. The Kier molecular flexibility index (Phi) is 4.99. The van der Waals surface area contributed by atoms with Crippen molar-refractivity contribution in [3.05, 3.63) is 12.2 Å². The van der Waals surface area contributed by atoms with Crippen molar-refractivity contribution in [3.8, 4) is 0 Å². The smallest absolute Gasteiger partial charge is 0.334 e. The van der Waals surface area contributed by atoms with Crippen LogP contribution in [-0.2, 0) is 23.9 Å². The number of hydrogen-bond donors (Lipinski definition) is 1. The molecular formula is C20H28O6. The van der Waals surface area contributed by atoms with Crippen LogP contribution in [0.3, 0.4) is 0 Å². The number of carbonyl (C=O) groups excluding carboxylic acids is 3. The summed E-state index contributed by atoms with van der Waals surface area (Å²) in [7, 11) is 0. The van der Waals surface area contributed by atoms with Gasteiger partial charge in [0.05, 0.1) is 11.5 Å². The summed E-state index contributed by atoms with van der Waals surface area (Å²) < 4.78 is 11.0. The van der Waals surface area contributed by atoms with Crippen molar-refractivity contribution in [1.82, 2.24) is 0 Å². The van der Waals surface area contributed by atoms with Crippen molar-refractivity contribution in [2.24, 2.45) is 29.1 Å². The van der Waals surface area contributed by atoms with Gasteiger partial charge < -0.3 is 14.6 Å². The van der Waals surface area contributed by atoms with Crippen LogP contribution < -0.4 is 0 Å². The van der Waals surface area contributed by atoms with Crippen LogP contribution in [-0.4, -0.2) is 41.6 Å². The summed E-state index contributed by atoms with van der Waals surface area (Å²) in [6.45, 7) is 9.63. The monoisotopic (exact) mass is 364 g/mol. The van der Waals surface area contributed by atoms with Crippen LogP contribution in [0.4, 0.5) is 0 Å². The molecule has 6 heteroatoms. The summed E-state index contributed by atoms with van der Waals surface area (Å²) in [4.78, 5) is 37.0. The average molecular weight is 364 g/mol. The van der Waals surface area contributed by atoms with Gasteiger partial charge in [-0.25, -0.2) is 4.79 Å². The van der Waals surface area contributed by atoms with Gasteiger partial charge in [-0.05, 0) is 24.7 Å². The molecule has 6 nitrogen and oxygen atoms in total. The van der Waals surface area contributed by atoms with Crippen LogP contribution in [0.1, 0.15) is 46.5 Å². The lowest BCUT2D eigenvalue weighted by Crippen LogP contribution is -2.43. The summed E-state index contributed by atoms with van der Waals surface area (Å²) in [5.41, 5.74) is -0.591. The lowest BCUT2D eigenvalue weighted by atomic mass is 9.68. The molecule has 0 aromatic rings. The number of aliphatic hydroxyl groups is 1. The zero-order chi connectivity index (χ0) is 19.2. The normalized spacial score (nSPS) is 39.4. The van der Waals surface area contributed by atoms with Crippen molar-refractivity contribution in [2.75, 3.05) is 6.61 Å². The Morgan fingerprint density at radius 1 is 1.42 bits per heavy atom. The van der Waals surface area contributed by atoms with E-state index in [1.807, 2.05) is 20.8 Å². The molecule has 1 aliphatic heterocycles. The summed E-state index contributed by atoms with van der Waals surface area (Å²) in [6, 6.07) is 0. The molecule has 1 heterocycles. The quantitative estimate of drug-likeness (QED) is 0.606. The van der Waals surface area contributed by atoms with Crippen LogP contribution in [0.2, 0.25) is 0 Å². The third kappa shape index (κ3) is 3.08. The first kappa shape index (κ1) is 19.1. The van der Waals surface area contributed by atoms with Crippen LogP contribution in [0.15, 0.2) is 12.2 Å². The molecule has 0 amide bonds. The molecule has 6 atom stereocenters. The van der Waals surface area contributed by atoms with E-state index in [0.717, 1.165) is 0 Å². The van der Waals surface area contributed by atoms with Crippen molar-refractivity contribution >= 4 is 17.7 Å². The lowest BCUT2D eigenvalue weighted by molar-refractivity contribution is -0.153. The lowest BCUT2D eigenvalue weighted by Gasteiger charge is -2.36. The van der Waals surface area contributed by atoms with Crippen LogP contribution >= 0.6 is 0 Å².